The van der Waals surface area contributed by atoms with Gasteiger partial charge in [-0.3, -0.25) is 0 Å². The van der Waals surface area contributed by atoms with Gasteiger partial charge in [0.15, 0.2) is 0 Å². The Labute approximate surface area is 177 Å². The van der Waals surface area contributed by atoms with Gasteiger partial charge in [-0.2, -0.15) is 0 Å². The molecule has 0 rings (SSSR count). The minimum atomic E-state index is -2.72. The van der Waals surface area contributed by atoms with Gasteiger partial charge in [0, 0.05) is 22.3 Å². The molecule has 0 N–H and O–H groups in total. The largest absolute Gasteiger partial charge is 0.463 e. The molecule has 8 nitrogen and oxygen atoms in total. The molecule has 0 amide bonds. The Balaban J connectivity index is 6.61. The first-order valence-electron chi connectivity index (χ1n) is 9.30. The lowest BCUT2D eigenvalue weighted by Crippen LogP contribution is -2.55. The zero-order valence-electron chi connectivity index (χ0n) is 18.3. The van der Waals surface area contributed by atoms with E-state index in [1.54, 1.807) is 0 Å². The maximum Gasteiger partial charge on any atom is 0.463 e. The maximum absolute atomic E-state index is 12.4. The van der Waals surface area contributed by atoms with E-state index in [9.17, 15) is 19.2 Å². The second kappa shape index (κ2) is 11.7. The van der Waals surface area contributed by atoms with Crippen molar-refractivity contribution in [2.75, 3.05) is 0 Å². The van der Waals surface area contributed by atoms with Gasteiger partial charge in [0.05, 0.1) is 0 Å². The van der Waals surface area contributed by atoms with Crippen molar-refractivity contribution in [3.05, 3.63) is 48.6 Å². The summed E-state index contributed by atoms with van der Waals surface area (Å²) >= 11 is 0. The van der Waals surface area contributed by atoms with Crippen LogP contribution in [-0.2, 0) is 38.1 Å². The minimum absolute atomic E-state index is 0.0337. The lowest BCUT2D eigenvalue weighted by molar-refractivity contribution is -0.361. The van der Waals surface area contributed by atoms with Crippen molar-refractivity contribution >= 4 is 23.9 Å². The summed E-state index contributed by atoms with van der Waals surface area (Å²) in [6.07, 6.45) is -0.354. The van der Waals surface area contributed by atoms with Crippen LogP contribution in [0.15, 0.2) is 48.6 Å². The summed E-state index contributed by atoms with van der Waals surface area (Å²) in [4.78, 5) is 49.3. The molecule has 0 saturated heterocycles. The molecule has 0 aromatic rings. The first kappa shape index (κ1) is 26.8. The predicted octanol–water partition coefficient (Wildman–Crippen LogP) is 3.68. The monoisotopic (exact) mass is 422 g/mol. The van der Waals surface area contributed by atoms with E-state index in [1.807, 2.05) is 6.92 Å². The first-order chi connectivity index (χ1) is 13.8. The predicted molar refractivity (Wildman–Crippen MR) is 110 cm³/mol. The zero-order valence-corrected chi connectivity index (χ0v) is 18.3. The van der Waals surface area contributed by atoms with Crippen molar-refractivity contribution in [3.63, 3.8) is 0 Å². The van der Waals surface area contributed by atoms with Crippen LogP contribution in [0.3, 0.4) is 0 Å². The Kier molecular flexibility index (Phi) is 10.5. The quantitative estimate of drug-likeness (QED) is 0.266. The summed E-state index contributed by atoms with van der Waals surface area (Å²) < 4.78 is 21.2. The van der Waals surface area contributed by atoms with E-state index in [2.05, 4.69) is 26.3 Å². The van der Waals surface area contributed by atoms with Crippen molar-refractivity contribution < 1.29 is 38.1 Å². The zero-order chi connectivity index (χ0) is 23.6. The van der Waals surface area contributed by atoms with Gasteiger partial charge in [-0.05, 0) is 40.5 Å². The van der Waals surface area contributed by atoms with Gasteiger partial charge in [0.2, 0.25) is 6.10 Å². The summed E-state index contributed by atoms with van der Waals surface area (Å²) in [5.74, 6) is -6.68. The Morgan fingerprint density at radius 1 is 0.700 bits per heavy atom. The number of rotatable bonds is 12. The smallest absolute Gasteiger partial charge is 0.446 e. The van der Waals surface area contributed by atoms with E-state index < -0.39 is 36.0 Å². The molecule has 0 bridgehead atoms. The van der Waals surface area contributed by atoms with Crippen LogP contribution >= 0.6 is 0 Å². The van der Waals surface area contributed by atoms with Gasteiger partial charge in [0.25, 0.3) is 0 Å². The van der Waals surface area contributed by atoms with Crippen molar-refractivity contribution in [2.24, 2.45) is 0 Å². The molecule has 0 fully saturated rings. The summed E-state index contributed by atoms with van der Waals surface area (Å²) in [7, 11) is 0. The molecule has 0 radical (unpaired) electrons. The van der Waals surface area contributed by atoms with Crippen LogP contribution in [-0.4, -0.2) is 36.0 Å². The highest BCUT2D eigenvalue weighted by atomic mass is 16.9. The number of ether oxygens (including phenoxy) is 4. The lowest BCUT2D eigenvalue weighted by atomic mass is 10.1. The fourth-order valence-electron chi connectivity index (χ4n) is 1.84. The molecule has 0 aliphatic carbocycles. The summed E-state index contributed by atoms with van der Waals surface area (Å²) in [5.41, 5.74) is -0.179. The topological polar surface area (TPSA) is 105 Å². The van der Waals surface area contributed by atoms with Gasteiger partial charge in [-0.15, -0.1) is 0 Å². The van der Waals surface area contributed by atoms with Gasteiger partial charge < -0.3 is 18.9 Å². The molecule has 0 aliphatic heterocycles. The van der Waals surface area contributed by atoms with Gasteiger partial charge in [0.1, 0.15) is 0 Å². The maximum atomic E-state index is 12.4. The normalized spacial score (nSPS) is 11.5. The molecule has 0 heterocycles. The van der Waals surface area contributed by atoms with Crippen molar-refractivity contribution in [2.45, 2.75) is 66.0 Å². The Bertz CT molecular complexity index is 690. The Hall–Kier alpha value is -3.16. The van der Waals surface area contributed by atoms with E-state index in [4.69, 9.17) is 18.9 Å². The summed E-state index contributed by atoms with van der Waals surface area (Å²) in [6, 6.07) is 0. The molecule has 0 aliphatic rings. The molecule has 30 heavy (non-hydrogen) atoms. The standard InChI is InChI=1S/C22H30O8/c1-10-11-12-17(27-18(23)13(2)3)22(28-19(24)14(4)5,29-20(25)15(6)7)30-21(26)16(8)9/h17H,2,4,6,8,10-12H2,1,3,5,7,9H3. The average molecular weight is 422 g/mol. The second-order valence-electron chi connectivity index (χ2n) is 6.93. The molecule has 0 aromatic heterocycles. The molecular formula is C22H30O8. The highest BCUT2D eigenvalue weighted by Gasteiger charge is 2.54. The number of carbonyl (C=O) groups is 4. The van der Waals surface area contributed by atoms with Crippen molar-refractivity contribution in [3.8, 4) is 0 Å². The third-order valence-corrected chi connectivity index (χ3v) is 3.56. The molecule has 0 spiro atoms. The van der Waals surface area contributed by atoms with E-state index in [0.717, 1.165) is 0 Å². The van der Waals surface area contributed by atoms with Gasteiger partial charge in [-0.25, -0.2) is 19.2 Å². The molecule has 166 valence electrons. The van der Waals surface area contributed by atoms with Crippen LogP contribution < -0.4 is 0 Å². The number of carbonyl (C=O) groups excluding carboxylic acids is 4. The van der Waals surface area contributed by atoms with Crippen molar-refractivity contribution in [1.29, 1.82) is 0 Å². The lowest BCUT2D eigenvalue weighted by Gasteiger charge is -2.36. The minimum Gasteiger partial charge on any atom is -0.446 e. The fraction of sp³-hybridized carbons (Fsp3) is 0.455. The third kappa shape index (κ3) is 8.06. The Morgan fingerprint density at radius 3 is 1.30 bits per heavy atom. The molecule has 8 heteroatoms. The average Bonchev–Trinajstić information content (AvgIpc) is 2.63. The van der Waals surface area contributed by atoms with Gasteiger partial charge >= 0.3 is 29.9 Å². The van der Waals surface area contributed by atoms with Crippen LogP contribution in [0, 0.1) is 0 Å². The van der Waals surface area contributed by atoms with E-state index >= 15 is 0 Å². The van der Waals surface area contributed by atoms with Crippen molar-refractivity contribution in [1.82, 2.24) is 0 Å². The van der Waals surface area contributed by atoms with Crippen LogP contribution in [0.5, 0.6) is 0 Å². The summed E-state index contributed by atoms with van der Waals surface area (Å²) in [5, 5.41) is 0. The Morgan fingerprint density at radius 2 is 1.03 bits per heavy atom. The number of hydrogen-bond acceptors (Lipinski definition) is 8. The van der Waals surface area contributed by atoms with Crippen LogP contribution in [0.2, 0.25) is 0 Å². The molecule has 1 atom stereocenters. The van der Waals surface area contributed by atoms with Crippen LogP contribution in [0.1, 0.15) is 53.9 Å². The van der Waals surface area contributed by atoms with Crippen LogP contribution in [0.4, 0.5) is 0 Å². The number of hydrogen-bond donors (Lipinski definition) is 0. The van der Waals surface area contributed by atoms with E-state index in [-0.39, 0.29) is 28.7 Å². The third-order valence-electron chi connectivity index (χ3n) is 3.56. The molecule has 0 aromatic carbocycles. The molecule has 0 saturated carbocycles. The summed E-state index contributed by atoms with van der Waals surface area (Å²) in [6.45, 7) is 21.2. The first-order valence-corrected chi connectivity index (χ1v) is 9.30. The SMILES string of the molecule is C=C(C)C(=O)OC(CCCC)C(OC(=O)C(=C)C)(OC(=O)C(=C)C)OC(=O)C(=C)C. The highest BCUT2D eigenvalue weighted by molar-refractivity contribution is 5.91. The molecule has 1 unspecified atom stereocenters. The highest BCUT2D eigenvalue weighted by Crippen LogP contribution is 2.31. The molecular weight excluding hydrogens is 392 g/mol. The number of unbranched alkanes of at least 4 members (excludes halogenated alkanes) is 1. The van der Waals surface area contributed by atoms with Crippen LogP contribution in [0.25, 0.3) is 0 Å². The second-order valence-corrected chi connectivity index (χ2v) is 6.93. The van der Waals surface area contributed by atoms with Gasteiger partial charge in [-0.1, -0.05) is 39.7 Å². The fourth-order valence-corrected chi connectivity index (χ4v) is 1.84. The number of esters is 4. The van der Waals surface area contributed by atoms with E-state index in [0.29, 0.717) is 12.8 Å². The van der Waals surface area contributed by atoms with E-state index in [1.165, 1.54) is 27.7 Å².